The number of nitrogens with zero attached hydrogens (tertiary/aromatic N) is 5. The first kappa shape index (κ1) is 18.0. The summed E-state index contributed by atoms with van der Waals surface area (Å²) in [5.41, 5.74) is 0.624. The molecule has 0 radical (unpaired) electrons. The molecule has 0 aliphatic rings. The van der Waals surface area contributed by atoms with Crippen molar-refractivity contribution in [3.05, 3.63) is 42.5 Å². The third-order valence-electron chi connectivity index (χ3n) is 3.11. The predicted molar refractivity (Wildman–Crippen MR) is 87.0 cm³/mol. The van der Waals surface area contributed by atoms with Crippen molar-refractivity contribution in [3.63, 3.8) is 0 Å². The summed E-state index contributed by atoms with van der Waals surface area (Å²) in [5, 5.41) is 3.81. The molecule has 0 aliphatic heterocycles. The highest BCUT2D eigenvalue weighted by Crippen LogP contribution is 2.32. The van der Waals surface area contributed by atoms with Gasteiger partial charge in [0.1, 0.15) is 0 Å². The van der Waals surface area contributed by atoms with Crippen molar-refractivity contribution in [2.24, 2.45) is 0 Å². The molecule has 2 aromatic heterocycles. The van der Waals surface area contributed by atoms with Gasteiger partial charge in [0, 0.05) is 44.8 Å². The second kappa shape index (κ2) is 7.04. The molecule has 0 unspecified atom stereocenters. The number of pyridine rings is 1. The fraction of sp³-hybridized carbons (Fsp3) is 0.375. The van der Waals surface area contributed by atoms with Crippen molar-refractivity contribution in [1.82, 2.24) is 24.6 Å². The van der Waals surface area contributed by atoms with E-state index in [9.17, 15) is 13.2 Å². The molecule has 0 saturated carbocycles. The predicted octanol–water partition coefficient (Wildman–Crippen LogP) is 2.89. The number of aromatic nitrogens is 3. The Balaban J connectivity index is 2.63. The van der Waals surface area contributed by atoms with Crippen LogP contribution in [0.4, 0.5) is 13.2 Å². The molecule has 130 valence electrons. The maximum atomic E-state index is 13.2. The van der Waals surface area contributed by atoms with Crippen LogP contribution < -0.4 is 0 Å². The lowest BCUT2D eigenvalue weighted by Crippen LogP contribution is -2.21. The van der Waals surface area contributed by atoms with Crippen LogP contribution in [0.2, 0.25) is 0 Å². The van der Waals surface area contributed by atoms with Crippen LogP contribution in [0, 0.1) is 0 Å². The summed E-state index contributed by atoms with van der Waals surface area (Å²) >= 11 is 0. The van der Waals surface area contributed by atoms with Gasteiger partial charge >= 0.3 is 6.18 Å². The van der Waals surface area contributed by atoms with Crippen molar-refractivity contribution in [2.75, 3.05) is 34.7 Å². The summed E-state index contributed by atoms with van der Waals surface area (Å²) in [5.74, 6) is 0. The summed E-state index contributed by atoms with van der Waals surface area (Å²) in [4.78, 5) is 7.64. The third kappa shape index (κ3) is 4.35. The topological polar surface area (TPSA) is 37.2 Å². The smallest absolute Gasteiger partial charge is 0.382 e. The molecule has 0 fully saturated rings. The maximum absolute atomic E-state index is 13.2. The summed E-state index contributed by atoms with van der Waals surface area (Å²) in [6, 6.07) is 4.45. The van der Waals surface area contributed by atoms with E-state index in [-0.39, 0.29) is 0 Å². The summed E-state index contributed by atoms with van der Waals surface area (Å²) in [7, 11) is 7.32. The molecular weight excluding hydrogens is 319 g/mol. The standard InChI is InChI=1S/C16H20F3N5/c1-22(2)10-13(11-23(3)4)24-14(12-6-5-7-20-9-12)8-15(21-24)16(17,18)19/h5-10H,11H2,1-4H3/b13-10-. The SMILES string of the molecule is CN(C)/C=C(/CN(C)C)n1nc(C(F)(F)F)cc1-c1cccnc1. The van der Waals surface area contributed by atoms with Gasteiger partial charge in [-0.2, -0.15) is 18.3 Å². The van der Waals surface area contributed by atoms with E-state index in [2.05, 4.69) is 10.1 Å². The minimum Gasteiger partial charge on any atom is -0.382 e. The second-order valence-electron chi connectivity index (χ2n) is 5.89. The van der Waals surface area contributed by atoms with E-state index in [1.807, 2.05) is 33.1 Å². The number of rotatable bonds is 5. The van der Waals surface area contributed by atoms with Crippen LogP contribution in [0.25, 0.3) is 17.0 Å². The molecule has 5 nitrogen and oxygen atoms in total. The summed E-state index contributed by atoms with van der Waals surface area (Å²) in [6.45, 7) is 0.435. The molecule has 0 amide bonds. The lowest BCUT2D eigenvalue weighted by atomic mass is 10.2. The van der Waals surface area contributed by atoms with Crippen LogP contribution in [-0.4, -0.2) is 59.3 Å². The van der Waals surface area contributed by atoms with E-state index >= 15 is 0 Å². The molecule has 0 atom stereocenters. The Labute approximate surface area is 139 Å². The first-order valence-corrected chi connectivity index (χ1v) is 7.28. The van der Waals surface area contributed by atoms with Gasteiger partial charge in [-0.15, -0.1) is 0 Å². The van der Waals surface area contributed by atoms with E-state index in [1.165, 1.54) is 10.9 Å². The normalized spacial score (nSPS) is 12.8. The fourth-order valence-corrected chi connectivity index (χ4v) is 2.24. The van der Waals surface area contributed by atoms with Crippen LogP contribution >= 0.6 is 0 Å². The van der Waals surface area contributed by atoms with E-state index in [4.69, 9.17) is 0 Å². The van der Waals surface area contributed by atoms with Crippen molar-refractivity contribution in [1.29, 1.82) is 0 Å². The molecular formula is C16H20F3N5. The molecule has 0 bridgehead atoms. The molecule has 8 heteroatoms. The van der Waals surface area contributed by atoms with Gasteiger partial charge in [0.2, 0.25) is 0 Å². The Morgan fingerprint density at radius 1 is 1.25 bits per heavy atom. The Kier molecular flexibility index (Phi) is 5.28. The van der Waals surface area contributed by atoms with Gasteiger partial charge in [0.25, 0.3) is 0 Å². The Morgan fingerprint density at radius 3 is 2.46 bits per heavy atom. The van der Waals surface area contributed by atoms with E-state index in [0.717, 1.165) is 6.07 Å². The monoisotopic (exact) mass is 339 g/mol. The zero-order valence-electron chi connectivity index (χ0n) is 14.0. The number of halogens is 3. The first-order valence-electron chi connectivity index (χ1n) is 7.28. The van der Waals surface area contributed by atoms with Gasteiger partial charge in [-0.1, -0.05) is 0 Å². The maximum Gasteiger partial charge on any atom is 0.435 e. The highest BCUT2D eigenvalue weighted by atomic mass is 19.4. The first-order chi connectivity index (χ1) is 11.2. The zero-order chi connectivity index (χ0) is 17.9. The third-order valence-corrected chi connectivity index (χ3v) is 3.11. The molecule has 24 heavy (non-hydrogen) atoms. The average Bonchev–Trinajstić information content (AvgIpc) is 2.91. The van der Waals surface area contributed by atoms with Gasteiger partial charge in [0.15, 0.2) is 5.69 Å². The molecule has 0 spiro atoms. The Hall–Kier alpha value is -2.35. The molecule has 0 saturated heterocycles. The lowest BCUT2D eigenvalue weighted by molar-refractivity contribution is -0.141. The molecule has 2 rings (SSSR count). The summed E-state index contributed by atoms with van der Waals surface area (Å²) in [6.07, 6.45) is 0.346. The number of alkyl halides is 3. The highest BCUT2D eigenvalue weighted by molar-refractivity contribution is 5.65. The van der Waals surface area contributed by atoms with Crippen molar-refractivity contribution >= 4 is 5.70 Å². The zero-order valence-corrected chi connectivity index (χ0v) is 14.0. The number of likely N-dealkylation sites (N-methyl/N-ethyl adjacent to an activating group) is 1. The average molecular weight is 339 g/mol. The largest absolute Gasteiger partial charge is 0.435 e. The fourth-order valence-electron chi connectivity index (χ4n) is 2.24. The van der Waals surface area contributed by atoms with Gasteiger partial charge in [-0.3, -0.25) is 4.98 Å². The van der Waals surface area contributed by atoms with E-state index in [1.54, 1.807) is 29.4 Å². The van der Waals surface area contributed by atoms with Crippen molar-refractivity contribution in [2.45, 2.75) is 6.18 Å². The van der Waals surface area contributed by atoms with E-state index in [0.29, 0.717) is 23.5 Å². The molecule has 0 N–H and O–H groups in total. The van der Waals surface area contributed by atoms with Gasteiger partial charge in [-0.05, 0) is 32.3 Å². The van der Waals surface area contributed by atoms with Crippen LogP contribution in [0.1, 0.15) is 5.69 Å². The minimum absolute atomic E-state index is 0.352. The highest BCUT2D eigenvalue weighted by Gasteiger charge is 2.35. The summed E-state index contributed by atoms with van der Waals surface area (Å²) < 4.78 is 40.8. The number of hydrogen-bond donors (Lipinski definition) is 0. The van der Waals surface area contributed by atoms with Gasteiger partial charge < -0.3 is 9.80 Å². The molecule has 2 heterocycles. The van der Waals surface area contributed by atoms with Crippen LogP contribution in [0.15, 0.2) is 36.8 Å². The molecule has 0 aliphatic carbocycles. The van der Waals surface area contributed by atoms with E-state index < -0.39 is 11.9 Å². The second-order valence-corrected chi connectivity index (χ2v) is 5.89. The van der Waals surface area contributed by atoms with Crippen LogP contribution in [0.5, 0.6) is 0 Å². The number of hydrogen-bond acceptors (Lipinski definition) is 4. The Morgan fingerprint density at radius 2 is 1.96 bits per heavy atom. The molecule has 2 aromatic rings. The van der Waals surface area contributed by atoms with Gasteiger partial charge in [-0.25, -0.2) is 4.68 Å². The minimum atomic E-state index is -4.51. The van der Waals surface area contributed by atoms with Crippen LogP contribution in [0.3, 0.4) is 0 Å². The lowest BCUT2D eigenvalue weighted by Gasteiger charge is -2.18. The quantitative estimate of drug-likeness (QED) is 0.839. The van der Waals surface area contributed by atoms with Crippen molar-refractivity contribution in [3.8, 4) is 11.3 Å². The van der Waals surface area contributed by atoms with Crippen LogP contribution in [-0.2, 0) is 6.18 Å². The Bertz CT molecular complexity index is 702. The van der Waals surface area contributed by atoms with Crippen molar-refractivity contribution < 1.29 is 13.2 Å². The molecule has 0 aromatic carbocycles. The van der Waals surface area contributed by atoms with Gasteiger partial charge in [0.05, 0.1) is 11.4 Å².